The van der Waals surface area contributed by atoms with Gasteiger partial charge in [0, 0.05) is 5.33 Å². The Morgan fingerprint density at radius 1 is 1.77 bits per heavy atom. The lowest BCUT2D eigenvalue weighted by molar-refractivity contribution is 0.0605. The van der Waals surface area contributed by atoms with Crippen molar-refractivity contribution in [3.63, 3.8) is 0 Å². The van der Waals surface area contributed by atoms with Crippen LogP contribution in [-0.4, -0.2) is 18.4 Å². The highest BCUT2D eigenvalue weighted by molar-refractivity contribution is 9.09. The summed E-state index contributed by atoms with van der Waals surface area (Å²) in [5, 5.41) is 2.77. The van der Waals surface area contributed by atoms with E-state index < -0.39 is 0 Å². The Bertz CT molecular complexity index is 296. The molecule has 1 aromatic heterocycles. The van der Waals surface area contributed by atoms with E-state index in [0.717, 1.165) is 15.8 Å². The van der Waals surface area contributed by atoms with Crippen molar-refractivity contribution >= 4 is 33.2 Å². The van der Waals surface area contributed by atoms with Crippen molar-refractivity contribution in [2.24, 2.45) is 0 Å². The molecule has 0 amide bonds. The van der Waals surface area contributed by atoms with Crippen LogP contribution in [0.25, 0.3) is 0 Å². The molecule has 0 saturated carbocycles. The van der Waals surface area contributed by atoms with Crippen LogP contribution in [0.15, 0.2) is 11.4 Å². The summed E-state index contributed by atoms with van der Waals surface area (Å²) in [6.07, 6.45) is 0. The van der Waals surface area contributed by atoms with Crippen molar-refractivity contribution < 1.29 is 9.53 Å². The van der Waals surface area contributed by atoms with Crippen LogP contribution < -0.4 is 0 Å². The quantitative estimate of drug-likeness (QED) is 0.619. The van der Waals surface area contributed by atoms with Crippen molar-refractivity contribution in [1.82, 2.24) is 0 Å². The summed E-state index contributed by atoms with van der Waals surface area (Å²) in [7, 11) is 1.41. The number of ether oxygens (including phenoxy) is 1. The molecule has 13 heavy (non-hydrogen) atoms. The Balaban J connectivity index is 2.95. The first-order chi connectivity index (χ1) is 6.20. The summed E-state index contributed by atoms with van der Waals surface area (Å²) in [4.78, 5) is 12.0. The molecule has 0 fully saturated rings. The zero-order valence-corrected chi connectivity index (χ0v) is 9.94. The van der Waals surface area contributed by atoms with Gasteiger partial charge in [-0.1, -0.05) is 22.9 Å². The number of rotatable bonds is 3. The molecule has 1 aromatic rings. The number of thiophene rings is 1. The van der Waals surface area contributed by atoms with E-state index in [1.807, 2.05) is 11.4 Å². The molecule has 1 heterocycles. The fourth-order valence-corrected chi connectivity index (χ4v) is 2.33. The minimum atomic E-state index is -0.238. The maximum absolute atomic E-state index is 11.3. The van der Waals surface area contributed by atoms with Gasteiger partial charge in [0.15, 0.2) is 0 Å². The maximum Gasteiger partial charge on any atom is 0.348 e. The molecule has 0 bridgehead atoms. The standard InChI is InChI=1S/C9H11BrO2S/c1-6(5-10)7-3-4-13-8(7)9(11)12-2/h3-4,6H,5H2,1-2H3. The Morgan fingerprint density at radius 2 is 2.46 bits per heavy atom. The second-order valence-electron chi connectivity index (χ2n) is 2.75. The molecule has 1 rings (SSSR count). The van der Waals surface area contributed by atoms with Gasteiger partial charge in [-0.2, -0.15) is 0 Å². The van der Waals surface area contributed by atoms with Crippen molar-refractivity contribution in [2.45, 2.75) is 12.8 Å². The number of hydrogen-bond donors (Lipinski definition) is 0. The van der Waals surface area contributed by atoms with Crippen LogP contribution in [0.5, 0.6) is 0 Å². The van der Waals surface area contributed by atoms with Gasteiger partial charge < -0.3 is 4.74 Å². The van der Waals surface area contributed by atoms with E-state index >= 15 is 0 Å². The van der Waals surface area contributed by atoms with Crippen LogP contribution in [0.4, 0.5) is 0 Å². The molecule has 1 unspecified atom stereocenters. The molecular formula is C9H11BrO2S. The van der Waals surface area contributed by atoms with Crippen LogP contribution in [0.3, 0.4) is 0 Å². The maximum atomic E-state index is 11.3. The van der Waals surface area contributed by atoms with Crippen molar-refractivity contribution in [2.75, 3.05) is 12.4 Å². The molecular weight excluding hydrogens is 252 g/mol. The van der Waals surface area contributed by atoms with E-state index in [2.05, 4.69) is 27.6 Å². The molecule has 0 spiro atoms. The highest BCUT2D eigenvalue weighted by Crippen LogP contribution is 2.26. The van der Waals surface area contributed by atoms with Gasteiger partial charge in [0.2, 0.25) is 0 Å². The fourth-order valence-electron chi connectivity index (χ4n) is 1.05. The summed E-state index contributed by atoms with van der Waals surface area (Å²) in [5.74, 6) is 0.109. The molecule has 0 aliphatic carbocycles. The zero-order chi connectivity index (χ0) is 9.84. The number of methoxy groups -OCH3 is 1. The van der Waals surface area contributed by atoms with Gasteiger partial charge in [0.1, 0.15) is 4.88 Å². The summed E-state index contributed by atoms with van der Waals surface area (Å²) in [6.45, 7) is 2.07. The first-order valence-corrected chi connectivity index (χ1v) is 5.92. The second-order valence-corrected chi connectivity index (χ2v) is 4.32. The number of carbonyl (C=O) groups is 1. The van der Waals surface area contributed by atoms with Crippen LogP contribution in [-0.2, 0) is 4.74 Å². The van der Waals surface area contributed by atoms with Crippen LogP contribution in [0, 0.1) is 0 Å². The van der Waals surface area contributed by atoms with E-state index in [4.69, 9.17) is 0 Å². The van der Waals surface area contributed by atoms with E-state index in [0.29, 0.717) is 5.92 Å². The lowest BCUT2D eigenvalue weighted by atomic mass is 10.0. The molecule has 1 atom stereocenters. The first kappa shape index (κ1) is 10.7. The van der Waals surface area contributed by atoms with E-state index in [1.165, 1.54) is 18.4 Å². The summed E-state index contributed by atoms with van der Waals surface area (Å²) < 4.78 is 4.69. The number of carbonyl (C=O) groups excluding carboxylic acids is 1. The average Bonchev–Trinajstić information content (AvgIpc) is 2.63. The molecule has 72 valence electrons. The lowest BCUT2D eigenvalue weighted by Gasteiger charge is -2.07. The van der Waals surface area contributed by atoms with Gasteiger partial charge in [0.05, 0.1) is 7.11 Å². The normalized spacial score (nSPS) is 12.5. The first-order valence-electron chi connectivity index (χ1n) is 3.92. The minimum absolute atomic E-state index is 0.238. The summed E-state index contributed by atoms with van der Waals surface area (Å²) >= 11 is 4.82. The highest BCUT2D eigenvalue weighted by atomic mass is 79.9. The number of halogens is 1. The van der Waals surface area contributed by atoms with Gasteiger partial charge in [-0.25, -0.2) is 4.79 Å². The average molecular weight is 263 g/mol. The Kier molecular flexibility index (Phi) is 3.93. The highest BCUT2D eigenvalue weighted by Gasteiger charge is 2.17. The Morgan fingerprint density at radius 3 is 3.00 bits per heavy atom. The molecule has 0 aliphatic rings. The van der Waals surface area contributed by atoms with Crippen molar-refractivity contribution in [3.8, 4) is 0 Å². The SMILES string of the molecule is COC(=O)c1sccc1C(C)CBr. The molecule has 4 heteroatoms. The second kappa shape index (κ2) is 4.77. The summed E-state index contributed by atoms with van der Waals surface area (Å²) in [6, 6.07) is 1.98. The predicted octanol–water partition coefficient (Wildman–Crippen LogP) is 3.03. The largest absolute Gasteiger partial charge is 0.465 e. The molecule has 0 aliphatic heterocycles. The number of alkyl halides is 1. The summed E-state index contributed by atoms with van der Waals surface area (Å²) in [5.41, 5.74) is 1.06. The third kappa shape index (κ3) is 2.31. The molecule has 2 nitrogen and oxygen atoms in total. The molecule has 0 saturated heterocycles. The van der Waals surface area contributed by atoms with E-state index in [-0.39, 0.29) is 5.97 Å². The topological polar surface area (TPSA) is 26.3 Å². The van der Waals surface area contributed by atoms with Gasteiger partial charge in [0.25, 0.3) is 0 Å². The van der Waals surface area contributed by atoms with Crippen molar-refractivity contribution in [3.05, 3.63) is 21.9 Å². The third-order valence-electron chi connectivity index (χ3n) is 1.83. The van der Waals surface area contributed by atoms with Gasteiger partial charge in [-0.15, -0.1) is 11.3 Å². The Hall–Kier alpha value is -0.350. The van der Waals surface area contributed by atoms with Crippen LogP contribution in [0.1, 0.15) is 28.1 Å². The van der Waals surface area contributed by atoms with Crippen molar-refractivity contribution in [1.29, 1.82) is 0 Å². The smallest absolute Gasteiger partial charge is 0.348 e. The monoisotopic (exact) mass is 262 g/mol. The molecule has 0 radical (unpaired) electrons. The number of hydrogen-bond acceptors (Lipinski definition) is 3. The zero-order valence-electron chi connectivity index (χ0n) is 7.54. The Labute approximate surface area is 90.0 Å². The van der Waals surface area contributed by atoms with Gasteiger partial charge in [-0.3, -0.25) is 0 Å². The van der Waals surface area contributed by atoms with E-state index in [9.17, 15) is 4.79 Å². The van der Waals surface area contributed by atoms with Gasteiger partial charge >= 0.3 is 5.97 Å². The lowest BCUT2D eigenvalue weighted by Crippen LogP contribution is -2.04. The third-order valence-corrected chi connectivity index (χ3v) is 3.71. The fraction of sp³-hybridized carbons (Fsp3) is 0.444. The van der Waals surface area contributed by atoms with Gasteiger partial charge in [-0.05, 0) is 22.9 Å². The molecule has 0 aromatic carbocycles. The predicted molar refractivity (Wildman–Crippen MR) is 57.9 cm³/mol. The minimum Gasteiger partial charge on any atom is -0.465 e. The van der Waals surface area contributed by atoms with Crippen LogP contribution in [0.2, 0.25) is 0 Å². The van der Waals surface area contributed by atoms with Crippen LogP contribution >= 0.6 is 27.3 Å². The van der Waals surface area contributed by atoms with E-state index in [1.54, 1.807) is 0 Å². The molecule has 0 N–H and O–H groups in total. The number of esters is 1.